The van der Waals surface area contributed by atoms with Gasteiger partial charge in [0.15, 0.2) is 17.9 Å². The van der Waals surface area contributed by atoms with Crippen molar-refractivity contribution in [1.29, 1.82) is 0 Å². The molecule has 2 N–H and O–H groups in total. The Balaban J connectivity index is 1.46. The van der Waals surface area contributed by atoms with Gasteiger partial charge in [-0.05, 0) is 112 Å². The number of ether oxygens (including phenoxy) is 5. The summed E-state index contributed by atoms with van der Waals surface area (Å²) in [4.78, 5) is 73.9. The number of aliphatic hydroxyl groups excluding tert-OH is 1. The first-order valence-corrected chi connectivity index (χ1v) is 25.0. The van der Waals surface area contributed by atoms with Crippen molar-refractivity contribution in [2.75, 3.05) is 27.9 Å². The molecule has 15 atom stereocenters. The van der Waals surface area contributed by atoms with Gasteiger partial charge < -0.3 is 38.8 Å². The summed E-state index contributed by atoms with van der Waals surface area (Å²) < 4.78 is 29.9. The summed E-state index contributed by atoms with van der Waals surface area (Å²) in [7, 11) is 4.62. The molecule has 0 spiro atoms. The van der Waals surface area contributed by atoms with Gasteiger partial charge in [0.2, 0.25) is 5.79 Å². The lowest BCUT2D eigenvalue weighted by Crippen LogP contribution is -2.61. The van der Waals surface area contributed by atoms with Crippen molar-refractivity contribution in [2.45, 2.75) is 180 Å². The summed E-state index contributed by atoms with van der Waals surface area (Å²) in [6, 6.07) is -1.25. The number of methoxy groups -OCH3 is 3. The van der Waals surface area contributed by atoms with Gasteiger partial charge >= 0.3 is 5.97 Å². The Morgan fingerprint density at radius 1 is 0.899 bits per heavy atom. The summed E-state index contributed by atoms with van der Waals surface area (Å²) in [5.41, 5.74) is 1.20. The van der Waals surface area contributed by atoms with E-state index in [0.717, 1.165) is 18.4 Å². The highest BCUT2D eigenvalue weighted by Crippen LogP contribution is 2.39. The standard InChI is InChI=1S/C52H79N5O12/c1-31-16-12-11-13-17-32(2)43(65-8)28-39-21-19-37(7)52(64,69-39)49(61)50(62)56-23-15-14-18-41(56)51(63)68-44(34(4)26-38-20-22-40(45(27-38)66-9)57-54-30-53-55-57)29-42(58)33(3)25-36(6)47(60)48(67-10)46(59)35(5)24-31/h11-13,16-17,25,30-31,34-41,43-45,47-48,60,64H,14-15,18-24,26-29H2,1-10H3/t31-,34-,35+,36?,37-,38+,39+,40+,41+,43+,44+,45-,47-,48+,52-/m1/s1. The number of aromatic nitrogens is 4. The molecule has 1 amide bonds. The highest BCUT2D eigenvalue weighted by Gasteiger charge is 2.53. The number of esters is 1. The Morgan fingerprint density at radius 3 is 2.33 bits per heavy atom. The lowest BCUT2D eigenvalue weighted by molar-refractivity contribution is -0.265. The molecule has 17 heteroatoms. The van der Waals surface area contributed by atoms with E-state index < -0.39 is 77.8 Å². The first-order valence-electron chi connectivity index (χ1n) is 25.0. The predicted octanol–water partition coefficient (Wildman–Crippen LogP) is 6.05. The molecule has 1 saturated carbocycles. The molecule has 0 aromatic carbocycles. The molecule has 2 saturated heterocycles. The molecule has 69 heavy (non-hydrogen) atoms. The maximum absolute atomic E-state index is 14.5. The quantitative estimate of drug-likeness (QED) is 0.235. The first kappa shape index (κ1) is 55.7. The molecule has 1 aliphatic carbocycles. The number of cyclic esters (lactones) is 1. The topological polar surface area (TPSA) is 219 Å². The fraction of sp³-hybridized carbons (Fsp3) is 0.731. The van der Waals surface area contributed by atoms with Crippen LogP contribution in [0.5, 0.6) is 0 Å². The van der Waals surface area contributed by atoms with Crippen LogP contribution in [-0.4, -0.2) is 141 Å². The van der Waals surface area contributed by atoms with E-state index in [4.69, 9.17) is 23.7 Å². The van der Waals surface area contributed by atoms with Gasteiger partial charge in [-0.25, -0.2) is 4.79 Å². The van der Waals surface area contributed by atoms with Crippen LogP contribution in [-0.2, 0) is 47.7 Å². The SMILES string of the molecule is CO[C@H]1C[C@@H]2CC[C@@H](C)[C@@](O)(O2)C(=O)C(=O)N2CCCC[C@H]2C(=O)O[C@H]([C@H](C)C[C@@H]2CC[C@H](n3ncnn3)[C@H](OC)C2)CC(=O)C(C)=CC(C)[C@@H](O)[C@@H](OC)C(=O)[C@@H](C)C[C@H](C)C=CC=CC=C1C. The normalized spacial score (nSPS) is 36.3. The molecule has 17 nitrogen and oxygen atoms in total. The van der Waals surface area contributed by atoms with E-state index >= 15 is 0 Å². The molecule has 4 heterocycles. The van der Waals surface area contributed by atoms with Crippen LogP contribution in [0.4, 0.5) is 0 Å². The van der Waals surface area contributed by atoms with Crippen LogP contribution in [0.3, 0.4) is 0 Å². The fourth-order valence-corrected chi connectivity index (χ4v) is 10.7. The van der Waals surface area contributed by atoms with Crippen LogP contribution in [0.1, 0.15) is 132 Å². The van der Waals surface area contributed by atoms with Crippen LogP contribution in [0.15, 0.2) is 53.9 Å². The van der Waals surface area contributed by atoms with E-state index in [1.54, 1.807) is 45.9 Å². The molecular weight excluding hydrogens is 887 g/mol. The fourth-order valence-electron chi connectivity index (χ4n) is 10.7. The monoisotopic (exact) mass is 966 g/mol. The average Bonchev–Trinajstić information content (AvgIpc) is 3.88. The zero-order chi connectivity index (χ0) is 50.6. The van der Waals surface area contributed by atoms with Crippen LogP contribution >= 0.6 is 0 Å². The molecule has 1 aromatic heterocycles. The van der Waals surface area contributed by atoms with E-state index in [1.165, 1.54) is 18.3 Å². The number of hydrogen-bond donors (Lipinski definition) is 2. The Kier molecular flexibility index (Phi) is 20.8. The van der Waals surface area contributed by atoms with Gasteiger partial charge in [0.1, 0.15) is 18.2 Å². The molecule has 3 aliphatic heterocycles. The van der Waals surface area contributed by atoms with Gasteiger partial charge in [0.25, 0.3) is 11.7 Å². The molecule has 1 unspecified atom stereocenters. The summed E-state index contributed by atoms with van der Waals surface area (Å²) in [5, 5.41) is 35.7. The number of carbonyl (C=O) groups excluding carboxylic acids is 5. The van der Waals surface area contributed by atoms with Gasteiger partial charge in [-0.3, -0.25) is 19.2 Å². The zero-order valence-electron chi connectivity index (χ0n) is 42.5. The third-order valence-corrected chi connectivity index (χ3v) is 15.2. The van der Waals surface area contributed by atoms with Gasteiger partial charge in [0, 0.05) is 58.5 Å². The average molecular weight is 966 g/mol. The minimum Gasteiger partial charge on any atom is -0.460 e. The molecule has 384 valence electrons. The number of rotatable bonds is 7. The maximum atomic E-state index is 14.5. The molecule has 2 bridgehead atoms. The summed E-state index contributed by atoms with van der Waals surface area (Å²) >= 11 is 0. The third-order valence-electron chi connectivity index (χ3n) is 15.2. The van der Waals surface area contributed by atoms with Crippen LogP contribution in [0.2, 0.25) is 0 Å². The number of amides is 1. The summed E-state index contributed by atoms with van der Waals surface area (Å²) in [6.45, 7) is 12.8. The number of fused-ring (bicyclic) bond motifs is 3. The van der Waals surface area contributed by atoms with Crippen molar-refractivity contribution in [1.82, 2.24) is 25.1 Å². The third kappa shape index (κ3) is 14.2. The molecule has 5 rings (SSSR count). The summed E-state index contributed by atoms with van der Waals surface area (Å²) in [6.07, 6.45) is 13.7. The summed E-state index contributed by atoms with van der Waals surface area (Å²) in [5.74, 6) is -7.91. The number of ketones is 3. The Bertz CT molecular complexity index is 2020. The number of nitrogens with zero attached hydrogens (tertiary/aromatic N) is 5. The number of piperidine rings is 1. The zero-order valence-corrected chi connectivity index (χ0v) is 42.5. The predicted molar refractivity (Wildman–Crippen MR) is 256 cm³/mol. The Labute approximate surface area is 408 Å². The van der Waals surface area contributed by atoms with E-state index in [-0.39, 0.29) is 60.9 Å². The van der Waals surface area contributed by atoms with E-state index in [2.05, 4.69) is 15.4 Å². The molecule has 4 aliphatic rings. The number of tetrazole rings is 1. The van der Waals surface area contributed by atoms with Crippen LogP contribution in [0, 0.1) is 35.5 Å². The number of allylic oxidation sites excluding steroid dienone is 6. The van der Waals surface area contributed by atoms with Crippen molar-refractivity contribution in [3.63, 3.8) is 0 Å². The lowest BCUT2D eigenvalue weighted by atomic mass is 9.78. The van der Waals surface area contributed by atoms with Gasteiger partial charge in [-0.2, -0.15) is 4.80 Å². The second-order valence-electron chi connectivity index (χ2n) is 20.4. The Morgan fingerprint density at radius 2 is 1.65 bits per heavy atom. The second kappa shape index (κ2) is 25.7. The Hall–Kier alpha value is -4.26. The van der Waals surface area contributed by atoms with E-state index in [9.17, 15) is 34.2 Å². The second-order valence-corrected chi connectivity index (χ2v) is 20.4. The molecule has 1 aromatic rings. The van der Waals surface area contributed by atoms with E-state index in [0.29, 0.717) is 56.9 Å². The number of Topliss-reactive ketones (excluding diaryl/α,β-unsaturated/α-hetero) is 3. The van der Waals surface area contributed by atoms with Gasteiger partial charge in [-0.1, -0.05) is 71.1 Å². The first-order chi connectivity index (χ1) is 32.8. The van der Waals surface area contributed by atoms with Crippen molar-refractivity contribution in [2.24, 2.45) is 35.5 Å². The smallest absolute Gasteiger partial charge is 0.329 e. The van der Waals surface area contributed by atoms with E-state index in [1.807, 2.05) is 58.1 Å². The highest BCUT2D eigenvalue weighted by molar-refractivity contribution is 6.39. The minimum atomic E-state index is -2.43. The number of carbonyl (C=O) groups is 5. The van der Waals surface area contributed by atoms with Gasteiger partial charge in [-0.15, -0.1) is 10.2 Å². The van der Waals surface area contributed by atoms with Crippen molar-refractivity contribution in [3.8, 4) is 0 Å². The van der Waals surface area contributed by atoms with Crippen LogP contribution in [0.25, 0.3) is 0 Å². The number of aliphatic hydroxyl groups is 2. The number of hydrogen-bond acceptors (Lipinski definition) is 15. The van der Waals surface area contributed by atoms with Crippen molar-refractivity contribution in [3.05, 3.63) is 53.9 Å². The minimum absolute atomic E-state index is 0.0195. The molecule has 3 fully saturated rings. The van der Waals surface area contributed by atoms with Crippen molar-refractivity contribution >= 4 is 29.2 Å². The largest absolute Gasteiger partial charge is 0.460 e. The molecule has 0 radical (unpaired) electrons. The van der Waals surface area contributed by atoms with Crippen LogP contribution < -0.4 is 0 Å². The lowest BCUT2D eigenvalue weighted by Gasteiger charge is -2.42. The highest BCUT2D eigenvalue weighted by atomic mass is 16.6. The van der Waals surface area contributed by atoms with Crippen molar-refractivity contribution < 1.29 is 57.9 Å². The van der Waals surface area contributed by atoms with Gasteiger partial charge in [0.05, 0.1) is 30.5 Å². The maximum Gasteiger partial charge on any atom is 0.329 e. The molecular formula is C52H79N5O12.